The highest BCUT2D eigenvalue weighted by molar-refractivity contribution is 9.10. The van der Waals surface area contributed by atoms with Crippen LogP contribution >= 0.6 is 15.9 Å². The van der Waals surface area contributed by atoms with E-state index in [0.717, 1.165) is 37.2 Å². The largest absolute Gasteiger partial charge is 0.381 e. The smallest absolute Gasteiger partial charge is 0.0535 e. The molecular weight excluding hydrogens is 398 g/mol. The monoisotopic (exact) mass is 429 g/mol. The van der Waals surface area contributed by atoms with E-state index in [4.69, 9.17) is 4.74 Å². The maximum Gasteiger partial charge on any atom is 0.0535 e. The first-order valence-electron chi connectivity index (χ1n) is 10.1. The lowest BCUT2D eigenvalue weighted by Gasteiger charge is -2.38. The highest BCUT2D eigenvalue weighted by Gasteiger charge is 2.43. The molecule has 1 saturated heterocycles. The van der Waals surface area contributed by atoms with Gasteiger partial charge in [0.2, 0.25) is 0 Å². The summed E-state index contributed by atoms with van der Waals surface area (Å²) in [6, 6.07) is 19.7. The lowest BCUT2D eigenvalue weighted by atomic mass is 9.81. The summed E-state index contributed by atoms with van der Waals surface area (Å²) < 4.78 is 7.09. The second kappa shape index (κ2) is 8.89. The van der Waals surface area contributed by atoms with Crippen molar-refractivity contribution in [1.82, 2.24) is 4.90 Å². The quantitative estimate of drug-likeness (QED) is 0.506. The minimum Gasteiger partial charge on any atom is -0.381 e. The van der Waals surface area contributed by atoms with E-state index < -0.39 is 0 Å². The zero-order valence-corrected chi connectivity index (χ0v) is 18.5. The number of nitrogens with zero attached hydrogens (tertiary/aromatic N) is 1. The average molecular weight is 430 g/mol. The highest BCUT2D eigenvalue weighted by Crippen LogP contribution is 2.41. The number of aryl methyl sites for hydroxylation is 1. The van der Waals surface area contributed by atoms with E-state index in [1.807, 2.05) is 0 Å². The van der Waals surface area contributed by atoms with E-state index >= 15 is 0 Å². The number of ether oxygens (including phenoxy) is 1. The minimum absolute atomic E-state index is 0.0292. The molecule has 1 aliphatic heterocycles. The van der Waals surface area contributed by atoms with Gasteiger partial charge in [0.15, 0.2) is 0 Å². The van der Waals surface area contributed by atoms with Crippen molar-refractivity contribution in [2.45, 2.75) is 45.6 Å². The molecular formula is C24H32BrNO. The van der Waals surface area contributed by atoms with Gasteiger partial charge in [0.05, 0.1) is 6.61 Å². The number of hydrogen-bond acceptors (Lipinski definition) is 2. The molecule has 0 spiro atoms. The lowest BCUT2D eigenvalue weighted by molar-refractivity contribution is 0.0385. The van der Waals surface area contributed by atoms with E-state index in [1.165, 1.54) is 24.0 Å². The Morgan fingerprint density at radius 1 is 1.07 bits per heavy atom. The number of likely N-dealkylation sites (tertiary alicyclic amines) is 1. The van der Waals surface area contributed by atoms with Gasteiger partial charge in [-0.25, -0.2) is 0 Å². The van der Waals surface area contributed by atoms with E-state index in [9.17, 15) is 0 Å². The van der Waals surface area contributed by atoms with Crippen LogP contribution in [0.5, 0.6) is 0 Å². The number of hydrogen-bond donors (Lipinski definition) is 0. The van der Waals surface area contributed by atoms with Crippen molar-refractivity contribution in [3.05, 3.63) is 70.2 Å². The van der Waals surface area contributed by atoms with Crippen LogP contribution in [0.15, 0.2) is 59.1 Å². The molecule has 146 valence electrons. The summed E-state index contributed by atoms with van der Waals surface area (Å²) in [5, 5.41) is 0. The summed E-state index contributed by atoms with van der Waals surface area (Å²) in [6.45, 7) is 10.7. The van der Waals surface area contributed by atoms with Gasteiger partial charge in [0.25, 0.3) is 0 Å². The predicted octanol–water partition coefficient (Wildman–Crippen LogP) is 6.05. The van der Waals surface area contributed by atoms with Crippen molar-refractivity contribution >= 4 is 15.9 Å². The fraction of sp³-hybridized carbons (Fsp3) is 0.500. The first-order chi connectivity index (χ1) is 13.0. The molecule has 0 saturated carbocycles. The van der Waals surface area contributed by atoms with Gasteiger partial charge in [0.1, 0.15) is 0 Å². The van der Waals surface area contributed by atoms with Crippen LogP contribution in [-0.4, -0.2) is 31.2 Å². The molecule has 0 bridgehead atoms. The average Bonchev–Trinajstić information content (AvgIpc) is 3.12. The standard InChI is InChI=1S/C24H32BrNO/c1-4-27-19-24(15-14-20-8-6-5-7-9-20)16-17-26(18-24)23(2,3)21-10-12-22(25)13-11-21/h5-13H,4,14-19H2,1-3H3/t24-/m0/s1. The SMILES string of the molecule is CCOC[C@@]1(CCc2ccccc2)CCN(C(C)(C)c2ccc(Br)cc2)C1. The molecule has 0 amide bonds. The molecule has 3 rings (SSSR count). The first kappa shape index (κ1) is 20.6. The summed E-state index contributed by atoms with van der Waals surface area (Å²) >= 11 is 3.55. The van der Waals surface area contributed by atoms with Crippen molar-refractivity contribution in [2.75, 3.05) is 26.3 Å². The van der Waals surface area contributed by atoms with Gasteiger partial charge in [-0.05, 0) is 69.8 Å². The molecule has 0 aromatic heterocycles. The zero-order valence-electron chi connectivity index (χ0n) is 16.9. The number of halogens is 1. The van der Waals surface area contributed by atoms with E-state index in [0.29, 0.717) is 0 Å². The molecule has 0 aliphatic carbocycles. The van der Waals surface area contributed by atoms with Crippen LogP contribution in [0.3, 0.4) is 0 Å². The summed E-state index contributed by atoms with van der Waals surface area (Å²) in [4.78, 5) is 2.65. The summed E-state index contributed by atoms with van der Waals surface area (Å²) in [5.74, 6) is 0. The zero-order chi connectivity index (χ0) is 19.3. The van der Waals surface area contributed by atoms with Crippen molar-refractivity contribution in [3.8, 4) is 0 Å². The van der Waals surface area contributed by atoms with Gasteiger partial charge in [-0.1, -0.05) is 58.4 Å². The van der Waals surface area contributed by atoms with Gasteiger partial charge in [-0.2, -0.15) is 0 Å². The van der Waals surface area contributed by atoms with Gasteiger partial charge in [-0.3, -0.25) is 4.90 Å². The van der Waals surface area contributed by atoms with E-state index in [-0.39, 0.29) is 11.0 Å². The highest BCUT2D eigenvalue weighted by atomic mass is 79.9. The second-order valence-electron chi connectivity index (χ2n) is 8.36. The lowest BCUT2D eigenvalue weighted by Crippen LogP contribution is -2.42. The maximum absolute atomic E-state index is 5.96. The van der Waals surface area contributed by atoms with Crippen LogP contribution in [0.4, 0.5) is 0 Å². The van der Waals surface area contributed by atoms with Crippen molar-refractivity contribution < 1.29 is 4.74 Å². The fourth-order valence-electron chi connectivity index (χ4n) is 4.22. The third kappa shape index (κ3) is 5.01. The van der Waals surface area contributed by atoms with Gasteiger partial charge in [-0.15, -0.1) is 0 Å². The Morgan fingerprint density at radius 3 is 2.44 bits per heavy atom. The molecule has 1 fully saturated rings. The molecule has 1 aliphatic rings. The van der Waals surface area contributed by atoms with Gasteiger partial charge < -0.3 is 4.74 Å². The molecule has 0 radical (unpaired) electrons. The molecule has 0 unspecified atom stereocenters. The maximum atomic E-state index is 5.96. The summed E-state index contributed by atoms with van der Waals surface area (Å²) in [5.41, 5.74) is 3.08. The third-order valence-electron chi connectivity index (χ3n) is 6.18. The Balaban J connectivity index is 1.73. The van der Waals surface area contributed by atoms with Crippen molar-refractivity contribution in [2.24, 2.45) is 5.41 Å². The summed E-state index contributed by atoms with van der Waals surface area (Å²) in [6.07, 6.45) is 3.52. The molecule has 2 nitrogen and oxygen atoms in total. The minimum atomic E-state index is 0.0292. The van der Waals surface area contributed by atoms with Gasteiger partial charge >= 0.3 is 0 Å². The molecule has 0 N–H and O–H groups in total. The normalized spacial score (nSPS) is 20.9. The van der Waals surface area contributed by atoms with Crippen molar-refractivity contribution in [3.63, 3.8) is 0 Å². The Hall–Kier alpha value is -1.16. The van der Waals surface area contributed by atoms with E-state index in [2.05, 4.69) is 96.2 Å². The number of benzene rings is 2. The van der Waals surface area contributed by atoms with Crippen LogP contribution < -0.4 is 0 Å². The molecule has 2 aromatic carbocycles. The van der Waals surface area contributed by atoms with Crippen molar-refractivity contribution in [1.29, 1.82) is 0 Å². The van der Waals surface area contributed by atoms with Crippen LogP contribution in [0.1, 0.15) is 44.7 Å². The topological polar surface area (TPSA) is 12.5 Å². The molecule has 1 heterocycles. The van der Waals surface area contributed by atoms with Crippen LogP contribution in [0.25, 0.3) is 0 Å². The van der Waals surface area contributed by atoms with Crippen LogP contribution in [0.2, 0.25) is 0 Å². The Labute approximate surface area is 173 Å². The molecule has 2 aromatic rings. The summed E-state index contributed by atoms with van der Waals surface area (Å²) in [7, 11) is 0. The van der Waals surface area contributed by atoms with Crippen LogP contribution in [0, 0.1) is 5.41 Å². The predicted molar refractivity (Wildman–Crippen MR) is 117 cm³/mol. The van der Waals surface area contributed by atoms with Gasteiger partial charge in [0, 0.05) is 28.6 Å². The Bertz CT molecular complexity index is 713. The Morgan fingerprint density at radius 2 is 1.78 bits per heavy atom. The van der Waals surface area contributed by atoms with E-state index in [1.54, 1.807) is 0 Å². The molecule has 1 atom stereocenters. The second-order valence-corrected chi connectivity index (χ2v) is 9.28. The third-order valence-corrected chi connectivity index (χ3v) is 6.71. The van der Waals surface area contributed by atoms with Crippen LogP contribution in [-0.2, 0) is 16.7 Å². The first-order valence-corrected chi connectivity index (χ1v) is 10.9. The molecule has 3 heteroatoms. The number of rotatable bonds is 8. The fourth-order valence-corrected chi connectivity index (χ4v) is 4.48. The Kier molecular flexibility index (Phi) is 6.78. The molecule has 27 heavy (non-hydrogen) atoms.